The van der Waals surface area contributed by atoms with E-state index in [-0.39, 0.29) is 44.4 Å². The lowest BCUT2D eigenvalue weighted by molar-refractivity contribution is -0.133. The number of amides is 2. The van der Waals surface area contributed by atoms with Crippen LogP contribution in [0.15, 0.2) is 47.4 Å². The van der Waals surface area contributed by atoms with E-state index in [9.17, 15) is 26.8 Å². The minimum atomic E-state index is -4.37. The van der Waals surface area contributed by atoms with Gasteiger partial charge >= 0.3 is 0 Å². The molecule has 0 spiro atoms. The van der Waals surface area contributed by atoms with Crippen molar-refractivity contribution in [3.63, 3.8) is 0 Å². The molecule has 3 rings (SSSR count). The first kappa shape index (κ1) is 23.8. The van der Waals surface area contributed by atoms with E-state index in [1.807, 2.05) is 31.2 Å². The molecule has 1 fully saturated rings. The second kappa shape index (κ2) is 9.74. The molecule has 0 radical (unpaired) electrons. The summed E-state index contributed by atoms with van der Waals surface area (Å²) in [7, 11) is -4.37. The van der Waals surface area contributed by atoms with Gasteiger partial charge in [-0.15, -0.1) is 0 Å². The fourth-order valence-corrected chi connectivity index (χ4v) is 5.17. The highest BCUT2D eigenvalue weighted by Crippen LogP contribution is 2.24. The highest BCUT2D eigenvalue weighted by Gasteiger charge is 2.34. The van der Waals surface area contributed by atoms with Crippen LogP contribution >= 0.6 is 0 Å². The van der Waals surface area contributed by atoms with Gasteiger partial charge in [0.25, 0.3) is 0 Å². The van der Waals surface area contributed by atoms with Crippen LogP contribution in [-0.2, 0) is 19.6 Å². The number of hydrogen-bond donors (Lipinski definition) is 1. The molecule has 1 N–H and O–H groups in total. The highest BCUT2D eigenvalue weighted by atomic mass is 32.2. The van der Waals surface area contributed by atoms with Gasteiger partial charge in [-0.25, -0.2) is 17.2 Å². The molecule has 172 valence electrons. The summed E-state index contributed by atoms with van der Waals surface area (Å²) < 4.78 is 54.4. The van der Waals surface area contributed by atoms with E-state index in [1.54, 1.807) is 0 Å². The molecule has 1 aliphatic heterocycles. The van der Waals surface area contributed by atoms with Crippen molar-refractivity contribution in [2.75, 3.05) is 26.2 Å². The van der Waals surface area contributed by atoms with Crippen molar-refractivity contribution < 1.29 is 26.8 Å². The molecule has 1 unspecified atom stereocenters. The molecular weight excluding hydrogens is 440 g/mol. The predicted octanol–water partition coefficient (Wildman–Crippen LogP) is 2.37. The van der Waals surface area contributed by atoms with Crippen molar-refractivity contribution in [3.05, 3.63) is 65.2 Å². The fraction of sp³-hybridized carbons (Fsp3) is 0.364. The SMILES string of the molecule is CC(=O)NC(CC(=O)N1CCN(S(=O)(=O)c2c(F)cccc2F)CC1)c1ccc(C)cc1. The summed E-state index contributed by atoms with van der Waals surface area (Å²) in [6.45, 7) is 3.29. The Labute approximate surface area is 186 Å². The Hall–Kier alpha value is -2.85. The lowest BCUT2D eigenvalue weighted by Crippen LogP contribution is -2.51. The molecule has 10 heteroatoms. The smallest absolute Gasteiger partial charge is 0.249 e. The lowest BCUT2D eigenvalue weighted by Gasteiger charge is -2.35. The molecule has 1 atom stereocenters. The maximum atomic E-state index is 14.0. The number of rotatable bonds is 6. The van der Waals surface area contributed by atoms with E-state index in [0.29, 0.717) is 0 Å². The number of halogens is 2. The van der Waals surface area contributed by atoms with Gasteiger partial charge < -0.3 is 10.2 Å². The molecule has 2 aromatic rings. The van der Waals surface area contributed by atoms with Gasteiger partial charge in [-0.2, -0.15) is 4.31 Å². The molecule has 1 heterocycles. The molecule has 0 aromatic heterocycles. The summed E-state index contributed by atoms with van der Waals surface area (Å²) >= 11 is 0. The number of carbonyl (C=O) groups excluding carboxylic acids is 2. The number of sulfonamides is 1. The van der Waals surface area contributed by atoms with Crippen molar-refractivity contribution >= 4 is 21.8 Å². The van der Waals surface area contributed by atoms with E-state index in [0.717, 1.165) is 33.6 Å². The molecule has 2 aromatic carbocycles. The average Bonchev–Trinajstić information content (AvgIpc) is 2.73. The van der Waals surface area contributed by atoms with Gasteiger partial charge in [0, 0.05) is 33.1 Å². The molecule has 32 heavy (non-hydrogen) atoms. The van der Waals surface area contributed by atoms with Crippen LogP contribution < -0.4 is 5.32 Å². The topological polar surface area (TPSA) is 86.8 Å². The molecular formula is C22H25F2N3O4S. The van der Waals surface area contributed by atoms with Crippen molar-refractivity contribution in [1.82, 2.24) is 14.5 Å². The largest absolute Gasteiger partial charge is 0.349 e. The zero-order valence-corrected chi connectivity index (χ0v) is 18.7. The Morgan fingerprint density at radius 1 is 1.00 bits per heavy atom. The molecule has 1 aliphatic rings. The van der Waals surface area contributed by atoms with Gasteiger partial charge in [0.1, 0.15) is 11.6 Å². The summed E-state index contributed by atoms with van der Waals surface area (Å²) in [5.74, 6) is -2.83. The van der Waals surface area contributed by atoms with Gasteiger partial charge in [-0.05, 0) is 24.6 Å². The zero-order chi connectivity index (χ0) is 23.5. The fourth-order valence-electron chi connectivity index (χ4n) is 3.64. The number of carbonyl (C=O) groups is 2. The average molecular weight is 466 g/mol. The number of aryl methyl sites for hydroxylation is 1. The van der Waals surface area contributed by atoms with Gasteiger partial charge in [-0.1, -0.05) is 35.9 Å². The minimum Gasteiger partial charge on any atom is -0.349 e. The molecule has 2 amide bonds. The summed E-state index contributed by atoms with van der Waals surface area (Å²) in [5.41, 5.74) is 1.83. The summed E-state index contributed by atoms with van der Waals surface area (Å²) in [4.78, 5) is 25.0. The molecule has 0 aliphatic carbocycles. The van der Waals surface area contributed by atoms with E-state index in [4.69, 9.17) is 0 Å². The number of nitrogens with one attached hydrogen (secondary N) is 1. The third-order valence-corrected chi connectivity index (χ3v) is 7.30. The number of hydrogen-bond acceptors (Lipinski definition) is 4. The minimum absolute atomic E-state index is 0.0112. The lowest BCUT2D eigenvalue weighted by atomic mass is 10.0. The Morgan fingerprint density at radius 2 is 1.56 bits per heavy atom. The molecule has 0 saturated carbocycles. The van der Waals surface area contributed by atoms with Crippen LogP contribution in [-0.4, -0.2) is 55.6 Å². The Morgan fingerprint density at radius 3 is 2.09 bits per heavy atom. The predicted molar refractivity (Wildman–Crippen MR) is 114 cm³/mol. The van der Waals surface area contributed by atoms with Crippen LogP contribution in [0.25, 0.3) is 0 Å². The van der Waals surface area contributed by atoms with Gasteiger partial charge in [-0.3, -0.25) is 9.59 Å². The monoisotopic (exact) mass is 465 g/mol. The Balaban J connectivity index is 1.68. The first-order valence-corrected chi connectivity index (χ1v) is 11.6. The summed E-state index contributed by atoms with van der Waals surface area (Å²) in [6, 6.07) is 9.83. The van der Waals surface area contributed by atoms with Crippen LogP contribution in [0.1, 0.15) is 30.5 Å². The highest BCUT2D eigenvalue weighted by molar-refractivity contribution is 7.89. The second-order valence-corrected chi connectivity index (χ2v) is 9.58. The van der Waals surface area contributed by atoms with Crippen LogP contribution in [0.5, 0.6) is 0 Å². The maximum Gasteiger partial charge on any atom is 0.249 e. The molecule has 0 bridgehead atoms. The Kier molecular flexibility index (Phi) is 7.25. The van der Waals surface area contributed by atoms with Gasteiger partial charge in [0.15, 0.2) is 4.90 Å². The van der Waals surface area contributed by atoms with Crippen molar-refractivity contribution in [3.8, 4) is 0 Å². The van der Waals surface area contributed by atoms with Crippen molar-refractivity contribution in [2.45, 2.75) is 31.2 Å². The van der Waals surface area contributed by atoms with E-state index < -0.39 is 32.6 Å². The summed E-state index contributed by atoms with van der Waals surface area (Å²) in [5, 5.41) is 2.78. The molecule has 7 nitrogen and oxygen atoms in total. The zero-order valence-electron chi connectivity index (χ0n) is 17.8. The summed E-state index contributed by atoms with van der Waals surface area (Å²) in [6.07, 6.45) is 0.0112. The number of piperazine rings is 1. The third kappa shape index (κ3) is 5.31. The number of benzene rings is 2. The number of nitrogens with zero attached hydrogens (tertiary/aromatic N) is 2. The van der Waals surface area contributed by atoms with Crippen molar-refractivity contribution in [2.24, 2.45) is 0 Å². The quantitative estimate of drug-likeness (QED) is 0.710. The molecule has 1 saturated heterocycles. The van der Waals surface area contributed by atoms with Gasteiger partial charge in [0.05, 0.1) is 12.5 Å². The second-order valence-electron chi connectivity index (χ2n) is 7.70. The van der Waals surface area contributed by atoms with Crippen LogP contribution in [0.2, 0.25) is 0 Å². The van der Waals surface area contributed by atoms with E-state index in [1.165, 1.54) is 11.8 Å². The van der Waals surface area contributed by atoms with Crippen molar-refractivity contribution in [1.29, 1.82) is 0 Å². The van der Waals surface area contributed by atoms with Crippen LogP contribution in [0.4, 0.5) is 8.78 Å². The first-order chi connectivity index (χ1) is 15.1. The van der Waals surface area contributed by atoms with Crippen LogP contribution in [0.3, 0.4) is 0 Å². The maximum absolute atomic E-state index is 14.0. The third-order valence-electron chi connectivity index (χ3n) is 5.34. The van der Waals surface area contributed by atoms with Crippen LogP contribution in [0, 0.1) is 18.6 Å². The van der Waals surface area contributed by atoms with E-state index in [2.05, 4.69) is 5.32 Å². The van der Waals surface area contributed by atoms with Gasteiger partial charge in [0.2, 0.25) is 21.8 Å². The van der Waals surface area contributed by atoms with E-state index >= 15 is 0 Å². The standard InChI is InChI=1S/C22H25F2N3O4S/c1-15-6-8-17(9-7-15)20(25-16(2)28)14-21(29)26-10-12-27(13-11-26)32(30,31)22-18(23)4-3-5-19(22)24/h3-9,20H,10-14H2,1-2H3,(H,25,28). The Bertz CT molecular complexity index is 1080. The normalized spacial score (nSPS) is 15.9. The first-order valence-electron chi connectivity index (χ1n) is 10.1.